The van der Waals surface area contributed by atoms with Gasteiger partial charge in [-0.2, -0.15) is 0 Å². The maximum atomic E-state index is 5.98. The molecule has 0 spiro atoms. The maximum Gasteiger partial charge on any atom is 0.141 e. The lowest BCUT2D eigenvalue weighted by Crippen LogP contribution is -2.17. The zero-order valence-electron chi connectivity index (χ0n) is 12.2. The van der Waals surface area contributed by atoms with Gasteiger partial charge in [-0.25, -0.2) is 9.97 Å². The summed E-state index contributed by atoms with van der Waals surface area (Å²) in [6.07, 6.45) is 0. The molecule has 0 unspecified atom stereocenters. The van der Waals surface area contributed by atoms with E-state index in [0.717, 1.165) is 25.9 Å². The molecule has 21 heavy (non-hydrogen) atoms. The zero-order valence-corrected chi connectivity index (χ0v) is 15.3. The van der Waals surface area contributed by atoms with Crippen molar-refractivity contribution in [3.8, 4) is 0 Å². The third kappa shape index (κ3) is 4.34. The summed E-state index contributed by atoms with van der Waals surface area (Å²) in [5.74, 6) is 1.89. The summed E-state index contributed by atoms with van der Waals surface area (Å²) < 4.78 is 0.787. The van der Waals surface area contributed by atoms with Gasteiger partial charge in [-0.05, 0) is 40.2 Å². The van der Waals surface area contributed by atoms with Crippen LogP contribution in [0.15, 0.2) is 33.6 Å². The molecule has 0 saturated carbocycles. The fourth-order valence-corrected chi connectivity index (χ4v) is 3.40. The molecular weight excluding hydrogens is 370 g/mol. The Morgan fingerprint density at radius 3 is 2.38 bits per heavy atom. The van der Waals surface area contributed by atoms with E-state index in [0.29, 0.717) is 11.6 Å². The number of nitrogens with zero attached hydrogens (tertiary/aromatic N) is 2. The third-order valence-corrected chi connectivity index (χ3v) is 4.86. The van der Waals surface area contributed by atoms with E-state index in [2.05, 4.69) is 46.7 Å². The van der Waals surface area contributed by atoms with Gasteiger partial charge < -0.3 is 5.73 Å². The minimum atomic E-state index is -0.0877. The van der Waals surface area contributed by atoms with E-state index >= 15 is 0 Å². The number of hydrogen-bond acceptors (Lipinski definition) is 4. The van der Waals surface area contributed by atoms with E-state index in [-0.39, 0.29) is 5.41 Å². The number of anilines is 1. The molecule has 2 aromatic rings. The molecule has 2 N–H and O–H groups in total. The first kappa shape index (κ1) is 16.6. The van der Waals surface area contributed by atoms with Gasteiger partial charge in [0.05, 0.1) is 15.9 Å². The molecule has 0 radical (unpaired) electrons. The first-order valence-electron chi connectivity index (χ1n) is 6.48. The summed E-state index contributed by atoms with van der Waals surface area (Å²) in [7, 11) is 0. The second-order valence-electron chi connectivity index (χ2n) is 5.68. The fraction of sp³-hybridized carbons (Fsp3) is 0.333. The van der Waals surface area contributed by atoms with Crippen molar-refractivity contribution in [2.24, 2.45) is 0 Å². The first-order valence-corrected chi connectivity index (χ1v) is 8.64. The van der Waals surface area contributed by atoms with Crippen LogP contribution in [0.2, 0.25) is 5.02 Å². The fourth-order valence-electron chi connectivity index (χ4n) is 1.75. The molecular formula is C15H17BrClN3S. The van der Waals surface area contributed by atoms with Crippen LogP contribution in [0.4, 0.5) is 5.82 Å². The van der Waals surface area contributed by atoms with Crippen molar-refractivity contribution in [1.29, 1.82) is 0 Å². The molecule has 0 amide bonds. The van der Waals surface area contributed by atoms with Crippen molar-refractivity contribution < 1.29 is 0 Å². The summed E-state index contributed by atoms with van der Waals surface area (Å²) >= 11 is 11.0. The number of benzene rings is 1. The van der Waals surface area contributed by atoms with E-state index in [1.54, 1.807) is 11.8 Å². The number of nitrogens with two attached hydrogens (primary N) is 1. The van der Waals surface area contributed by atoms with Crippen molar-refractivity contribution in [2.75, 3.05) is 5.73 Å². The predicted octanol–water partition coefficient (Wildman–Crippen LogP) is 5.06. The van der Waals surface area contributed by atoms with Gasteiger partial charge in [-0.3, -0.25) is 0 Å². The number of aromatic nitrogens is 2. The van der Waals surface area contributed by atoms with Crippen LogP contribution in [-0.2, 0) is 11.2 Å². The van der Waals surface area contributed by atoms with E-state index in [1.807, 2.05) is 24.3 Å². The average molecular weight is 387 g/mol. The molecule has 1 aromatic carbocycles. The van der Waals surface area contributed by atoms with Crippen LogP contribution in [0.3, 0.4) is 0 Å². The van der Waals surface area contributed by atoms with Crippen LogP contribution in [0.25, 0.3) is 0 Å². The van der Waals surface area contributed by atoms with E-state index < -0.39 is 0 Å². The van der Waals surface area contributed by atoms with Crippen molar-refractivity contribution in [1.82, 2.24) is 9.97 Å². The highest BCUT2D eigenvalue weighted by atomic mass is 79.9. The van der Waals surface area contributed by atoms with Crippen molar-refractivity contribution in [2.45, 2.75) is 36.8 Å². The lowest BCUT2D eigenvalue weighted by atomic mass is 9.92. The van der Waals surface area contributed by atoms with Gasteiger partial charge >= 0.3 is 0 Å². The van der Waals surface area contributed by atoms with Crippen LogP contribution < -0.4 is 5.73 Å². The highest BCUT2D eigenvalue weighted by Crippen LogP contribution is 2.32. The number of thioether (sulfide) groups is 1. The standard InChI is InChI=1S/C15H17BrClN3S/c1-15(2,3)13-12(16)14(18)20-11(19-13)8-21-10-6-4-9(17)5-7-10/h4-7H,8H2,1-3H3,(H2,18,19,20). The molecule has 0 aliphatic rings. The molecule has 0 atom stereocenters. The number of halogens is 2. The summed E-state index contributed by atoms with van der Waals surface area (Å²) in [5.41, 5.74) is 6.83. The molecule has 1 heterocycles. The zero-order chi connectivity index (χ0) is 15.6. The lowest BCUT2D eigenvalue weighted by molar-refractivity contribution is 0.561. The van der Waals surface area contributed by atoms with Gasteiger partial charge in [0.15, 0.2) is 0 Å². The molecule has 6 heteroatoms. The summed E-state index contributed by atoms with van der Waals surface area (Å²) in [4.78, 5) is 10.1. The van der Waals surface area contributed by atoms with Crippen molar-refractivity contribution >= 4 is 45.1 Å². The van der Waals surface area contributed by atoms with Gasteiger partial charge in [-0.1, -0.05) is 32.4 Å². The van der Waals surface area contributed by atoms with Crippen LogP contribution in [0.5, 0.6) is 0 Å². The Labute approximate surface area is 142 Å². The van der Waals surface area contributed by atoms with E-state index in [4.69, 9.17) is 17.3 Å². The number of hydrogen-bond donors (Lipinski definition) is 1. The minimum Gasteiger partial charge on any atom is -0.383 e. The summed E-state index contributed by atoms with van der Waals surface area (Å²) in [5, 5.41) is 0.735. The second-order valence-corrected chi connectivity index (χ2v) is 7.96. The maximum absolute atomic E-state index is 5.98. The van der Waals surface area contributed by atoms with Crippen LogP contribution in [-0.4, -0.2) is 9.97 Å². The van der Waals surface area contributed by atoms with Gasteiger partial charge in [0.1, 0.15) is 11.6 Å². The monoisotopic (exact) mass is 385 g/mol. The Bertz CT molecular complexity index is 639. The van der Waals surface area contributed by atoms with Crippen LogP contribution >= 0.6 is 39.3 Å². The molecule has 3 nitrogen and oxygen atoms in total. The summed E-state index contributed by atoms with van der Waals surface area (Å²) in [6.45, 7) is 6.32. The van der Waals surface area contributed by atoms with Gasteiger partial charge in [0.2, 0.25) is 0 Å². The third-order valence-electron chi connectivity index (χ3n) is 2.82. The molecule has 0 aliphatic heterocycles. The Morgan fingerprint density at radius 1 is 1.19 bits per heavy atom. The SMILES string of the molecule is CC(C)(C)c1nc(CSc2ccc(Cl)cc2)nc(N)c1Br. The van der Waals surface area contributed by atoms with Gasteiger partial charge in [-0.15, -0.1) is 11.8 Å². The van der Waals surface area contributed by atoms with Crippen molar-refractivity contribution in [3.05, 3.63) is 45.3 Å². The highest BCUT2D eigenvalue weighted by molar-refractivity contribution is 9.10. The highest BCUT2D eigenvalue weighted by Gasteiger charge is 2.22. The molecule has 1 aromatic heterocycles. The molecule has 2 rings (SSSR count). The molecule has 112 valence electrons. The largest absolute Gasteiger partial charge is 0.383 e. The number of nitrogen functional groups attached to an aromatic ring is 1. The Morgan fingerprint density at radius 2 is 1.81 bits per heavy atom. The van der Waals surface area contributed by atoms with Gasteiger partial charge in [0.25, 0.3) is 0 Å². The molecule has 0 fully saturated rings. The first-order chi connectivity index (χ1) is 9.77. The second kappa shape index (κ2) is 6.55. The van der Waals surface area contributed by atoms with Crippen molar-refractivity contribution in [3.63, 3.8) is 0 Å². The van der Waals surface area contributed by atoms with Gasteiger partial charge in [0, 0.05) is 15.3 Å². The number of rotatable bonds is 3. The Kier molecular flexibility index (Phi) is 5.17. The quantitative estimate of drug-likeness (QED) is 0.749. The van der Waals surface area contributed by atoms with Crippen LogP contribution in [0, 0.1) is 0 Å². The topological polar surface area (TPSA) is 51.8 Å². The van der Waals surface area contributed by atoms with E-state index in [1.165, 1.54) is 0 Å². The average Bonchev–Trinajstić information content (AvgIpc) is 2.40. The molecule has 0 bridgehead atoms. The van der Waals surface area contributed by atoms with E-state index in [9.17, 15) is 0 Å². The molecule has 0 aliphatic carbocycles. The molecule has 0 saturated heterocycles. The summed E-state index contributed by atoms with van der Waals surface area (Å²) in [6, 6.07) is 7.72. The lowest BCUT2D eigenvalue weighted by Gasteiger charge is -2.20. The Hall–Kier alpha value is -0.780. The predicted molar refractivity (Wildman–Crippen MR) is 93.9 cm³/mol. The smallest absolute Gasteiger partial charge is 0.141 e. The normalized spacial score (nSPS) is 11.7. The van der Waals surface area contributed by atoms with Crippen LogP contribution in [0.1, 0.15) is 32.3 Å². The Balaban J connectivity index is 2.21. The minimum absolute atomic E-state index is 0.0877.